The highest BCUT2D eigenvalue weighted by Gasteiger charge is 2.21. The highest BCUT2D eigenvalue weighted by molar-refractivity contribution is 5.44. The molecule has 0 saturated carbocycles. The van der Waals surface area contributed by atoms with Crippen LogP contribution in [0.2, 0.25) is 0 Å². The van der Waals surface area contributed by atoms with Crippen molar-refractivity contribution in [3.05, 3.63) is 18.2 Å². The van der Waals surface area contributed by atoms with E-state index in [0.717, 1.165) is 18.1 Å². The molecule has 0 spiro atoms. The zero-order valence-corrected chi connectivity index (χ0v) is 11.1. The van der Waals surface area contributed by atoms with Gasteiger partial charge in [0.25, 0.3) is 0 Å². The molecule has 1 rings (SSSR count). The van der Waals surface area contributed by atoms with E-state index in [2.05, 4.69) is 29.5 Å². The maximum Gasteiger partial charge on any atom is 0.128 e. The Morgan fingerprint density at radius 3 is 2.59 bits per heavy atom. The quantitative estimate of drug-likeness (QED) is 0.711. The Morgan fingerprint density at radius 1 is 1.35 bits per heavy atom. The summed E-state index contributed by atoms with van der Waals surface area (Å²) in [6.07, 6.45) is 0.770. The van der Waals surface area contributed by atoms with Crippen LogP contribution in [-0.4, -0.2) is 29.3 Å². The molecule has 1 heterocycles. The molecule has 96 valence electrons. The van der Waals surface area contributed by atoms with Crippen molar-refractivity contribution in [3.8, 4) is 0 Å². The molecule has 1 atom stereocenters. The molecule has 0 aromatic carbocycles. The summed E-state index contributed by atoms with van der Waals surface area (Å²) in [4.78, 5) is 4.34. The average molecular weight is 237 g/mol. The summed E-state index contributed by atoms with van der Waals surface area (Å²) in [5.74, 6) is 2.07. The minimum absolute atomic E-state index is 0.475. The van der Waals surface area contributed by atoms with Crippen molar-refractivity contribution >= 4 is 11.6 Å². The Bertz CT molecular complexity index is 350. The molecule has 0 saturated heterocycles. The van der Waals surface area contributed by atoms with Gasteiger partial charge in [0.05, 0.1) is 5.60 Å². The zero-order valence-electron chi connectivity index (χ0n) is 11.1. The van der Waals surface area contributed by atoms with Crippen LogP contribution in [0, 0.1) is 5.92 Å². The van der Waals surface area contributed by atoms with Gasteiger partial charge in [0.1, 0.15) is 11.6 Å². The topological polar surface area (TPSA) is 57.2 Å². The highest BCUT2D eigenvalue weighted by Crippen LogP contribution is 2.17. The lowest BCUT2D eigenvalue weighted by Crippen LogP contribution is -2.35. The van der Waals surface area contributed by atoms with E-state index in [1.165, 1.54) is 0 Å². The first-order valence-electron chi connectivity index (χ1n) is 6.04. The molecule has 3 N–H and O–H groups in total. The first-order chi connectivity index (χ1) is 7.93. The molecule has 0 bridgehead atoms. The number of aliphatic hydroxyl groups is 1. The normalized spacial score (nSPS) is 14.5. The van der Waals surface area contributed by atoms with E-state index in [1.807, 2.05) is 32.2 Å². The molecule has 0 amide bonds. The second kappa shape index (κ2) is 5.87. The molecular formula is C13H23N3O. The molecule has 1 unspecified atom stereocenters. The van der Waals surface area contributed by atoms with Gasteiger partial charge in [-0.3, -0.25) is 0 Å². The maximum atomic E-state index is 10.2. The Kier molecular flexibility index (Phi) is 4.75. The van der Waals surface area contributed by atoms with E-state index in [1.54, 1.807) is 0 Å². The highest BCUT2D eigenvalue weighted by atomic mass is 16.3. The van der Waals surface area contributed by atoms with Crippen LogP contribution in [0.4, 0.5) is 11.6 Å². The number of anilines is 2. The molecule has 0 aliphatic carbocycles. The molecule has 0 fully saturated rings. The van der Waals surface area contributed by atoms with Gasteiger partial charge >= 0.3 is 0 Å². The number of nitrogens with one attached hydrogen (secondary N) is 2. The van der Waals surface area contributed by atoms with E-state index in [0.29, 0.717) is 12.5 Å². The summed E-state index contributed by atoms with van der Waals surface area (Å²) in [7, 11) is 1.83. The predicted molar refractivity (Wildman–Crippen MR) is 72.4 cm³/mol. The van der Waals surface area contributed by atoms with Crippen LogP contribution < -0.4 is 10.6 Å². The van der Waals surface area contributed by atoms with Crippen molar-refractivity contribution in [1.82, 2.24) is 4.98 Å². The van der Waals surface area contributed by atoms with Crippen molar-refractivity contribution in [2.45, 2.75) is 32.8 Å². The fraction of sp³-hybridized carbons (Fsp3) is 0.615. The van der Waals surface area contributed by atoms with E-state index in [9.17, 15) is 5.11 Å². The van der Waals surface area contributed by atoms with Crippen LogP contribution >= 0.6 is 0 Å². The number of hydrogen-bond acceptors (Lipinski definition) is 4. The van der Waals surface area contributed by atoms with E-state index in [-0.39, 0.29) is 0 Å². The van der Waals surface area contributed by atoms with Crippen LogP contribution in [0.15, 0.2) is 18.2 Å². The van der Waals surface area contributed by atoms with Gasteiger partial charge in [-0.15, -0.1) is 0 Å². The van der Waals surface area contributed by atoms with Crippen molar-refractivity contribution in [2.24, 2.45) is 5.92 Å². The molecule has 17 heavy (non-hydrogen) atoms. The summed E-state index contributed by atoms with van der Waals surface area (Å²) >= 11 is 0. The molecule has 4 nitrogen and oxygen atoms in total. The molecule has 1 aromatic rings. The van der Waals surface area contributed by atoms with Gasteiger partial charge in [-0.1, -0.05) is 19.9 Å². The molecule has 0 aliphatic rings. The summed E-state index contributed by atoms with van der Waals surface area (Å²) < 4.78 is 0. The fourth-order valence-electron chi connectivity index (χ4n) is 1.91. The van der Waals surface area contributed by atoms with Gasteiger partial charge in [-0.2, -0.15) is 0 Å². The first-order valence-corrected chi connectivity index (χ1v) is 6.04. The Morgan fingerprint density at radius 2 is 2.00 bits per heavy atom. The van der Waals surface area contributed by atoms with E-state index in [4.69, 9.17) is 0 Å². The molecule has 0 radical (unpaired) electrons. The zero-order chi connectivity index (χ0) is 12.9. The largest absolute Gasteiger partial charge is 0.388 e. The monoisotopic (exact) mass is 237 g/mol. The second-order valence-corrected chi connectivity index (χ2v) is 5.11. The van der Waals surface area contributed by atoms with Crippen LogP contribution in [0.5, 0.6) is 0 Å². The van der Waals surface area contributed by atoms with Gasteiger partial charge in [-0.25, -0.2) is 4.98 Å². The average Bonchev–Trinajstić information content (AvgIpc) is 2.25. The van der Waals surface area contributed by atoms with Gasteiger partial charge in [0, 0.05) is 13.6 Å². The second-order valence-electron chi connectivity index (χ2n) is 5.11. The van der Waals surface area contributed by atoms with E-state index < -0.39 is 5.60 Å². The third-order valence-electron chi connectivity index (χ3n) is 2.50. The standard InChI is InChI=1S/C13H23N3O/c1-10(2)8-13(3,17)9-15-12-7-5-6-11(14-4)16-12/h5-7,10,17H,8-9H2,1-4H3,(H2,14,15,16). The number of hydrogen-bond donors (Lipinski definition) is 3. The van der Waals surface area contributed by atoms with Crippen molar-refractivity contribution < 1.29 is 5.11 Å². The molecule has 0 aliphatic heterocycles. The Balaban J connectivity index is 2.54. The number of rotatable bonds is 6. The van der Waals surface area contributed by atoms with Crippen molar-refractivity contribution in [1.29, 1.82) is 0 Å². The Hall–Kier alpha value is -1.29. The van der Waals surface area contributed by atoms with Crippen LogP contribution in [0.3, 0.4) is 0 Å². The number of aromatic nitrogens is 1. The SMILES string of the molecule is CNc1cccc(NCC(C)(O)CC(C)C)n1. The van der Waals surface area contributed by atoms with Crippen molar-refractivity contribution in [2.75, 3.05) is 24.2 Å². The van der Waals surface area contributed by atoms with Crippen molar-refractivity contribution in [3.63, 3.8) is 0 Å². The van der Waals surface area contributed by atoms with Gasteiger partial charge < -0.3 is 15.7 Å². The minimum atomic E-state index is -0.703. The molecule has 4 heteroatoms. The molecule has 1 aromatic heterocycles. The predicted octanol–water partition coefficient (Wildman–Crippen LogP) is 2.33. The van der Waals surface area contributed by atoms with Gasteiger partial charge in [0.15, 0.2) is 0 Å². The summed E-state index contributed by atoms with van der Waals surface area (Å²) in [6.45, 7) is 6.57. The lowest BCUT2D eigenvalue weighted by Gasteiger charge is -2.25. The van der Waals surface area contributed by atoms with Gasteiger partial charge in [0.2, 0.25) is 0 Å². The van der Waals surface area contributed by atoms with Crippen LogP contribution in [-0.2, 0) is 0 Å². The minimum Gasteiger partial charge on any atom is -0.388 e. The first kappa shape index (κ1) is 13.8. The number of pyridine rings is 1. The smallest absolute Gasteiger partial charge is 0.128 e. The summed E-state index contributed by atoms with van der Waals surface area (Å²) in [6, 6.07) is 5.72. The lowest BCUT2D eigenvalue weighted by molar-refractivity contribution is 0.0515. The Labute approximate surface area is 103 Å². The van der Waals surface area contributed by atoms with E-state index >= 15 is 0 Å². The third kappa shape index (κ3) is 5.04. The van der Waals surface area contributed by atoms with Crippen LogP contribution in [0.1, 0.15) is 27.2 Å². The summed E-state index contributed by atoms with van der Waals surface area (Å²) in [5.41, 5.74) is -0.703. The molecular weight excluding hydrogens is 214 g/mol. The van der Waals surface area contributed by atoms with Gasteiger partial charge in [-0.05, 0) is 31.4 Å². The third-order valence-corrected chi connectivity index (χ3v) is 2.50. The summed E-state index contributed by atoms with van der Waals surface area (Å²) in [5, 5.41) is 16.3. The lowest BCUT2D eigenvalue weighted by atomic mass is 9.94. The number of nitrogens with zero attached hydrogens (tertiary/aromatic N) is 1. The van der Waals surface area contributed by atoms with Crippen LogP contribution in [0.25, 0.3) is 0 Å². The fourth-order valence-corrected chi connectivity index (χ4v) is 1.91. The maximum absolute atomic E-state index is 10.2.